The van der Waals surface area contributed by atoms with Crippen LogP contribution in [0.25, 0.3) is 10.9 Å². The summed E-state index contributed by atoms with van der Waals surface area (Å²) in [6.07, 6.45) is 6.71. The Morgan fingerprint density at radius 1 is 1.07 bits per heavy atom. The number of likely N-dealkylation sites (tertiary alicyclic amines) is 1. The molecule has 4 N–H and O–H groups in total. The summed E-state index contributed by atoms with van der Waals surface area (Å²) in [6, 6.07) is 2.98. The van der Waals surface area contributed by atoms with Crippen LogP contribution in [0.1, 0.15) is 68.3 Å². The Morgan fingerprint density at radius 3 is 2.57 bits per heavy atom. The number of Topliss-reactive ketones (excluding diaryl/α,β-unsaturated/α-hetero) is 1. The lowest BCUT2D eigenvalue weighted by Crippen LogP contribution is -2.55. The Bertz CT molecular complexity index is 1510. The molecule has 1 spiro atoms. The first kappa shape index (κ1) is 27.7. The van der Waals surface area contributed by atoms with Gasteiger partial charge in [-0.05, 0) is 81.4 Å². The van der Waals surface area contributed by atoms with Crippen molar-refractivity contribution in [1.29, 1.82) is 0 Å². The maximum atomic E-state index is 14.0. The van der Waals surface area contributed by atoms with Crippen LogP contribution >= 0.6 is 23.2 Å². The number of amides is 4. The second-order valence-corrected chi connectivity index (χ2v) is 13.7. The summed E-state index contributed by atoms with van der Waals surface area (Å²) in [5.74, 6) is -2.81. The number of benzene rings is 1. The lowest BCUT2D eigenvalue weighted by atomic mass is 9.91. The van der Waals surface area contributed by atoms with Crippen molar-refractivity contribution < 1.29 is 24.0 Å². The van der Waals surface area contributed by atoms with Gasteiger partial charge in [0.25, 0.3) is 11.8 Å². The largest absolute Gasteiger partial charge is 0.350 e. The van der Waals surface area contributed by atoms with Gasteiger partial charge >= 0.3 is 0 Å². The molecule has 1 aromatic heterocycles. The zero-order chi connectivity index (χ0) is 29.3. The molecular formula is C30H33Cl2N5O5. The van der Waals surface area contributed by atoms with Crippen LogP contribution in [0.4, 0.5) is 0 Å². The van der Waals surface area contributed by atoms with Gasteiger partial charge in [0.05, 0.1) is 11.1 Å². The highest BCUT2D eigenvalue weighted by molar-refractivity contribution is 6.39. The topological polar surface area (TPSA) is 140 Å². The van der Waals surface area contributed by atoms with Crippen LogP contribution in [-0.2, 0) is 19.2 Å². The third-order valence-corrected chi connectivity index (χ3v) is 10.4. The summed E-state index contributed by atoms with van der Waals surface area (Å²) < 4.78 is 0. The highest BCUT2D eigenvalue weighted by Crippen LogP contribution is 2.46. The molecule has 12 heteroatoms. The predicted molar refractivity (Wildman–Crippen MR) is 155 cm³/mol. The molecule has 5 aliphatic rings. The number of rotatable bonds is 8. The SMILES string of the molecule is O=C(NC1CC1)C(=O)[C@H](C[C@@H]1CC2(CC2)NC1=O)NC(=O)[C@@H]1[C@H]2CCC[C@H]2CN1C(=O)c1cc2c(Cl)cc(Cl)cc2[nH]1. The zero-order valence-electron chi connectivity index (χ0n) is 23.0. The number of hydrogen-bond acceptors (Lipinski definition) is 5. The first-order valence-electron chi connectivity index (χ1n) is 14.9. The molecule has 5 atom stereocenters. The quantitative estimate of drug-likeness (QED) is 0.339. The number of aromatic nitrogens is 1. The van der Waals surface area contributed by atoms with Gasteiger partial charge in [-0.2, -0.15) is 0 Å². The van der Waals surface area contributed by atoms with Crippen molar-refractivity contribution in [2.24, 2.45) is 17.8 Å². The summed E-state index contributed by atoms with van der Waals surface area (Å²) >= 11 is 12.5. The smallest absolute Gasteiger partial charge is 0.289 e. The Kier molecular flexibility index (Phi) is 6.77. The van der Waals surface area contributed by atoms with Gasteiger partial charge < -0.3 is 25.8 Å². The summed E-state index contributed by atoms with van der Waals surface area (Å²) in [5, 5.41) is 10.1. The molecule has 1 aromatic carbocycles. The molecular weight excluding hydrogens is 581 g/mol. The van der Waals surface area contributed by atoms with E-state index >= 15 is 0 Å². The molecule has 4 amide bonds. The van der Waals surface area contributed by atoms with Crippen LogP contribution in [0.3, 0.4) is 0 Å². The minimum absolute atomic E-state index is 0.0239. The molecule has 2 saturated heterocycles. The van der Waals surface area contributed by atoms with Crippen molar-refractivity contribution in [3.05, 3.63) is 33.9 Å². The Balaban J connectivity index is 1.14. The average molecular weight is 615 g/mol. The number of fused-ring (bicyclic) bond motifs is 2. The number of carbonyl (C=O) groups excluding carboxylic acids is 5. The second-order valence-electron chi connectivity index (χ2n) is 12.9. The van der Waals surface area contributed by atoms with Crippen LogP contribution in [0.15, 0.2) is 18.2 Å². The molecule has 222 valence electrons. The summed E-state index contributed by atoms with van der Waals surface area (Å²) in [7, 11) is 0. The minimum atomic E-state index is -1.16. The van der Waals surface area contributed by atoms with Crippen LogP contribution in [-0.4, -0.2) is 69.5 Å². The Labute approximate surface area is 252 Å². The minimum Gasteiger partial charge on any atom is -0.350 e. The van der Waals surface area contributed by atoms with Crippen molar-refractivity contribution >= 4 is 63.5 Å². The van der Waals surface area contributed by atoms with Gasteiger partial charge in [0.1, 0.15) is 11.7 Å². The highest BCUT2D eigenvalue weighted by Gasteiger charge is 2.54. The van der Waals surface area contributed by atoms with Crippen molar-refractivity contribution in [1.82, 2.24) is 25.8 Å². The number of aromatic amines is 1. The molecule has 3 saturated carbocycles. The first-order chi connectivity index (χ1) is 20.1. The monoisotopic (exact) mass is 613 g/mol. The van der Waals surface area contributed by atoms with E-state index in [-0.39, 0.29) is 41.7 Å². The molecule has 0 radical (unpaired) electrons. The fourth-order valence-corrected chi connectivity index (χ4v) is 7.89. The van der Waals surface area contributed by atoms with Crippen molar-refractivity contribution in [3.8, 4) is 0 Å². The summed E-state index contributed by atoms with van der Waals surface area (Å²) in [6.45, 7) is 0.416. The molecule has 3 heterocycles. The molecule has 2 aromatic rings. The summed E-state index contributed by atoms with van der Waals surface area (Å²) in [5.41, 5.74) is 0.709. The van der Waals surface area contributed by atoms with Gasteiger partial charge in [0.2, 0.25) is 17.6 Å². The van der Waals surface area contributed by atoms with Crippen LogP contribution in [0.2, 0.25) is 10.0 Å². The Morgan fingerprint density at radius 2 is 1.86 bits per heavy atom. The molecule has 7 rings (SSSR count). The first-order valence-corrected chi connectivity index (χ1v) is 15.6. The van der Waals surface area contributed by atoms with Gasteiger partial charge in [0, 0.05) is 40.0 Å². The van der Waals surface area contributed by atoms with E-state index in [9.17, 15) is 24.0 Å². The molecule has 3 aliphatic carbocycles. The maximum absolute atomic E-state index is 14.0. The van der Waals surface area contributed by atoms with E-state index in [0.29, 0.717) is 39.6 Å². The zero-order valence-corrected chi connectivity index (χ0v) is 24.5. The molecule has 0 bridgehead atoms. The van der Waals surface area contributed by atoms with E-state index in [0.717, 1.165) is 44.9 Å². The number of hydrogen-bond donors (Lipinski definition) is 4. The number of halogens is 2. The van der Waals surface area contributed by atoms with E-state index < -0.39 is 35.6 Å². The van der Waals surface area contributed by atoms with Gasteiger partial charge in [-0.1, -0.05) is 29.6 Å². The van der Waals surface area contributed by atoms with Crippen molar-refractivity contribution in [2.75, 3.05) is 6.54 Å². The van der Waals surface area contributed by atoms with Crippen molar-refractivity contribution in [2.45, 2.75) is 81.5 Å². The number of ketones is 1. The predicted octanol–water partition coefficient (Wildman–Crippen LogP) is 3.11. The second kappa shape index (κ2) is 10.3. The van der Waals surface area contributed by atoms with Gasteiger partial charge in [-0.25, -0.2) is 0 Å². The van der Waals surface area contributed by atoms with Crippen molar-refractivity contribution in [3.63, 3.8) is 0 Å². The Hall–Kier alpha value is -3.11. The normalized spacial score (nSPS) is 28.0. The van der Waals surface area contributed by atoms with Gasteiger partial charge in [0.15, 0.2) is 0 Å². The van der Waals surface area contributed by atoms with E-state index in [1.807, 2.05) is 0 Å². The maximum Gasteiger partial charge on any atom is 0.289 e. The lowest BCUT2D eigenvalue weighted by molar-refractivity contribution is -0.141. The van der Waals surface area contributed by atoms with Crippen LogP contribution in [0, 0.1) is 17.8 Å². The third-order valence-electron chi connectivity index (χ3n) is 9.84. The van der Waals surface area contributed by atoms with E-state index in [2.05, 4.69) is 20.9 Å². The fraction of sp³-hybridized carbons (Fsp3) is 0.567. The fourth-order valence-electron chi connectivity index (χ4n) is 7.35. The molecule has 10 nitrogen and oxygen atoms in total. The van der Waals surface area contributed by atoms with Gasteiger partial charge in [-0.3, -0.25) is 24.0 Å². The van der Waals surface area contributed by atoms with Crippen LogP contribution in [0.5, 0.6) is 0 Å². The standard InChI is InChI=1S/C30H33Cl2N5O5/c31-16-9-20(32)19-11-23(34-21(19)10-16)29(42)37-13-14-2-1-3-18(14)24(37)27(40)35-22(25(38)28(41)33-17-4-5-17)8-15-12-30(6-7-30)36-26(15)39/h9-11,14-15,17-18,22,24,34H,1-8,12-13H2,(H,33,41)(H,35,40)(H,36,39)/t14-,15+,18-,22-,24-/m0/s1. The molecule has 42 heavy (non-hydrogen) atoms. The molecule has 0 unspecified atom stereocenters. The number of carbonyl (C=O) groups is 5. The van der Waals surface area contributed by atoms with E-state index in [1.54, 1.807) is 23.1 Å². The van der Waals surface area contributed by atoms with Gasteiger partial charge in [-0.15, -0.1) is 0 Å². The third kappa shape index (κ3) is 5.06. The molecule has 5 fully saturated rings. The van der Waals surface area contributed by atoms with Crippen LogP contribution < -0.4 is 16.0 Å². The lowest BCUT2D eigenvalue weighted by Gasteiger charge is -2.29. The highest BCUT2D eigenvalue weighted by atomic mass is 35.5. The average Bonchev–Trinajstić information content (AvgIpc) is 3.68. The summed E-state index contributed by atoms with van der Waals surface area (Å²) in [4.78, 5) is 71.5. The number of H-pyrrole nitrogens is 1. The van der Waals surface area contributed by atoms with E-state index in [4.69, 9.17) is 23.2 Å². The molecule has 2 aliphatic heterocycles. The van der Waals surface area contributed by atoms with E-state index in [1.165, 1.54) is 0 Å². The number of nitrogens with zero attached hydrogens (tertiary/aromatic N) is 1. The number of nitrogens with one attached hydrogen (secondary N) is 4.